The fourth-order valence-corrected chi connectivity index (χ4v) is 4.12. The van der Waals surface area contributed by atoms with Gasteiger partial charge in [-0.3, -0.25) is 0 Å². The molecule has 0 atom stereocenters. The number of benzene rings is 2. The number of nitrogens with zero attached hydrogens (tertiary/aromatic N) is 2. The number of fused-ring (bicyclic) bond motifs is 2. The normalized spacial score (nSPS) is 15.1. The van der Waals surface area contributed by atoms with Crippen molar-refractivity contribution in [1.82, 2.24) is 0 Å². The van der Waals surface area contributed by atoms with Crippen LogP contribution in [0.4, 0.5) is 5.69 Å². The van der Waals surface area contributed by atoms with Gasteiger partial charge in [-0.15, -0.1) is 0 Å². The van der Waals surface area contributed by atoms with E-state index in [0.29, 0.717) is 12.1 Å². The monoisotopic (exact) mass is 369 g/mol. The fraction of sp³-hybridized carbons (Fsp3) is 0.269. The number of anilines is 1. The number of aryl methyl sites for hydroxylation is 1. The number of aromatic nitrogens is 1. The molecule has 0 amide bonds. The zero-order valence-corrected chi connectivity index (χ0v) is 17.5. The molecule has 1 aliphatic heterocycles. The molecule has 1 aromatic heterocycles. The van der Waals surface area contributed by atoms with Crippen LogP contribution in [0.15, 0.2) is 66.5 Å². The lowest BCUT2D eigenvalue weighted by Crippen LogP contribution is -2.36. The Kier molecular flexibility index (Phi) is 4.80. The van der Waals surface area contributed by atoms with E-state index in [9.17, 15) is 0 Å². The highest BCUT2D eigenvalue weighted by atomic mass is 15.2. The minimum Gasteiger partial charge on any atom is -0.338 e. The highest BCUT2D eigenvalue weighted by Crippen LogP contribution is 2.34. The quantitative estimate of drug-likeness (QED) is 0.491. The molecule has 28 heavy (non-hydrogen) atoms. The van der Waals surface area contributed by atoms with E-state index in [0.717, 1.165) is 0 Å². The highest BCUT2D eigenvalue weighted by molar-refractivity contribution is 5.89. The first-order valence-electron chi connectivity index (χ1n) is 10.2. The van der Waals surface area contributed by atoms with Gasteiger partial charge >= 0.3 is 0 Å². The summed E-state index contributed by atoms with van der Waals surface area (Å²) in [5.41, 5.74) is 7.64. The van der Waals surface area contributed by atoms with Crippen molar-refractivity contribution in [1.29, 1.82) is 0 Å². The third-order valence-electron chi connectivity index (χ3n) is 5.44. The Morgan fingerprint density at radius 3 is 2.46 bits per heavy atom. The van der Waals surface area contributed by atoms with Crippen LogP contribution in [0.25, 0.3) is 23.1 Å². The molecule has 0 unspecified atom stereocenters. The van der Waals surface area contributed by atoms with Gasteiger partial charge < -0.3 is 4.90 Å². The SMILES string of the molecule is Cc1ccc2c(c1)C=C/C(=C/c1cc[n+](C(C)C)c3ccccc13)N2C(C)C. The first-order valence-corrected chi connectivity index (χ1v) is 10.2. The number of pyridine rings is 1. The molecule has 1 aliphatic rings. The number of rotatable bonds is 3. The molecule has 2 heteroatoms. The van der Waals surface area contributed by atoms with Gasteiger partial charge in [0.1, 0.15) is 0 Å². The first-order chi connectivity index (χ1) is 13.5. The van der Waals surface area contributed by atoms with Crippen molar-refractivity contribution in [3.63, 3.8) is 0 Å². The van der Waals surface area contributed by atoms with Crippen molar-refractivity contribution in [2.24, 2.45) is 0 Å². The maximum Gasteiger partial charge on any atom is 0.213 e. The van der Waals surface area contributed by atoms with Crippen molar-refractivity contribution in [3.8, 4) is 0 Å². The molecule has 0 bridgehead atoms. The Bertz CT molecular complexity index is 1090. The average Bonchev–Trinajstić information content (AvgIpc) is 2.67. The lowest BCUT2D eigenvalue weighted by atomic mass is 10.00. The first kappa shape index (κ1) is 18.5. The maximum atomic E-state index is 2.44. The van der Waals surface area contributed by atoms with Gasteiger partial charge in [-0.25, -0.2) is 0 Å². The Hall–Kier alpha value is -2.87. The summed E-state index contributed by atoms with van der Waals surface area (Å²) in [4.78, 5) is 2.44. The van der Waals surface area contributed by atoms with E-state index in [1.807, 2.05) is 0 Å². The summed E-state index contributed by atoms with van der Waals surface area (Å²) in [6.45, 7) is 11.1. The molecule has 0 radical (unpaired) electrons. The van der Waals surface area contributed by atoms with Crippen molar-refractivity contribution in [3.05, 3.63) is 83.2 Å². The lowest BCUT2D eigenvalue weighted by Gasteiger charge is -2.34. The molecule has 2 nitrogen and oxygen atoms in total. The van der Waals surface area contributed by atoms with Crippen LogP contribution in [0.2, 0.25) is 0 Å². The third kappa shape index (κ3) is 3.24. The Labute approximate surface area is 168 Å². The summed E-state index contributed by atoms with van der Waals surface area (Å²) in [5, 5.41) is 1.29. The predicted octanol–water partition coefficient (Wildman–Crippen LogP) is 6.30. The van der Waals surface area contributed by atoms with Gasteiger partial charge in [0.2, 0.25) is 5.52 Å². The van der Waals surface area contributed by atoms with E-state index in [4.69, 9.17) is 0 Å². The fourth-order valence-electron chi connectivity index (χ4n) is 4.12. The number of hydrogen-bond acceptors (Lipinski definition) is 1. The van der Waals surface area contributed by atoms with Gasteiger partial charge in [-0.1, -0.05) is 29.8 Å². The van der Waals surface area contributed by atoms with Crippen LogP contribution in [0.1, 0.15) is 50.4 Å². The van der Waals surface area contributed by atoms with E-state index >= 15 is 0 Å². The largest absolute Gasteiger partial charge is 0.338 e. The molecule has 0 saturated heterocycles. The number of hydrogen-bond donors (Lipinski definition) is 0. The van der Waals surface area contributed by atoms with Gasteiger partial charge in [0.15, 0.2) is 12.2 Å². The molecule has 0 saturated carbocycles. The summed E-state index contributed by atoms with van der Waals surface area (Å²) in [7, 11) is 0. The van der Waals surface area contributed by atoms with Crippen molar-refractivity contribution in [2.45, 2.75) is 46.7 Å². The Balaban J connectivity index is 1.88. The zero-order valence-electron chi connectivity index (χ0n) is 17.5. The molecule has 0 fully saturated rings. The second-order valence-electron chi connectivity index (χ2n) is 8.22. The molecular formula is C26H29N2+. The molecule has 2 heterocycles. The molecule has 0 spiro atoms. The summed E-state index contributed by atoms with van der Waals surface area (Å²) >= 11 is 0. The average molecular weight is 370 g/mol. The van der Waals surface area contributed by atoms with Gasteiger partial charge in [-0.05, 0) is 76.1 Å². The van der Waals surface area contributed by atoms with E-state index in [1.54, 1.807) is 0 Å². The van der Waals surface area contributed by atoms with Crippen LogP contribution >= 0.6 is 0 Å². The summed E-state index contributed by atoms with van der Waals surface area (Å²) in [6.07, 6.45) is 9.03. The Morgan fingerprint density at radius 2 is 1.71 bits per heavy atom. The molecule has 2 aromatic carbocycles. The van der Waals surface area contributed by atoms with Crippen LogP contribution in [0, 0.1) is 6.92 Å². The minimum absolute atomic E-state index is 0.383. The smallest absolute Gasteiger partial charge is 0.213 e. The summed E-state index contributed by atoms with van der Waals surface area (Å²) < 4.78 is 2.34. The third-order valence-corrected chi connectivity index (χ3v) is 5.44. The second kappa shape index (κ2) is 7.27. The molecule has 4 rings (SSSR count). The topological polar surface area (TPSA) is 7.12 Å². The van der Waals surface area contributed by atoms with Crippen LogP contribution in [0.3, 0.4) is 0 Å². The van der Waals surface area contributed by atoms with Gasteiger partial charge in [0.05, 0.1) is 5.39 Å². The molecule has 0 N–H and O–H groups in total. The number of para-hydroxylation sites is 1. The molecular weight excluding hydrogens is 340 g/mol. The second-order valence-corrected chi connectivity index (χ2v) is 8.22. The van der Waals surface area contributed by atoms with E-state index in [1.165, 1.54) is 39.0 Å². The molecule has 0 aliphatic carbocycles. The standard InChI is InChI=1S/C26H29N2/c1-18(2)27-15-14-21(24-8-6-7-9-26(24)27)17-23-12-11-22-16-20(5)10-13-25(22)28(23)19(3)4/h6-19H,1-5H3/q+1. The van der Waals surface area contributed by atoms with Gasteiger partial charge in [-0.2, -0.15) is 4.57 Å². The van der Waals surface area contributed by atoms with E-state index in [2.05, 4.69) is 117 Å². The summed E-state index contributed by atoms with van der Waals surface area (Å²) in [5.74, 6) is 0. The van der Waals surface area contributed by atoms with Crippen molar-refractivity contribution >= 4 is 28.7 Å². The lowest BCUT2D eigenvalue weighted by molar-refractivity contribution is -0.691. The molecule has 142 valence electrons. The maximum absolute atomic E-state index is 2.44. The van der Waals surface area contributed by atoms with Crippen LogP contribution in [-0.2, 0) is 0 Å². The van der Waals surface area contributed by atoms with Crippen LogP contribution in [-0.4, -0.2) is 6.04 Å². The predicted molar refractivity (Wildman–Crippen MR) is 120 cm³/mol. The van der Waals surface area contributed by atoms with Crippen molar-refractivity contribution in [2.75, 3.05) is 4.90 Å². The summed E-state index contributed by atoms with van der Waals surface area (Å²) in [6, 6.07) is 18.5. The van der Waals surface area contributed by atoms with E-state index < -0.39 is 0 Å². The minimum atomic E-state index is 0.383. The zero-order chi connectivity index (χ0) is 19.8. The van der Waals surface area contributed by atoms with Gasteiger partial charge in [0.25, 0.3) is 0 Å². The van der Waals surface area contributed by atoms with Gasteiger partial charge in [0, 0.05) is 29.6 Å². The molecule has 3 aromatic rings. The van der Waals surface area contributed by atoms with Crippen LogP contribution < -0.4 is 9.47 Å². The number of allylic oxidation sites excluding steroid dienone is 1. The Morgan fingerprint density at radius 1 is 0.929 bits per heavy atom. The highest BCUT2D eigenvalue weighted by Gasteiger charge is 2.21. The van der Waals surface area contributed by atoms with Crippen LogP contribution in [0.5, 0.6) is 0 Å². The van der Waals surface area contributed by atoms with E-state index in [-0.39, 0.29) is 0 Å². The van der Waals surface area contributed by atoms with Crippen molar-refractivity contribution < 1.29 is 4.57 Å².